The standard InChI is InChI=1S/C14H30N2/c1-11(2)15-8-6-7-14(5)16-9-12(3)13(4)10-16/h11-15H,6-10H2,1-5H3. The third kappa shape index (κ3) is 4.42. The fourth-order valence-corrected chi connectivity index (χ4v) is 2.50. The average Bonchev–Trinajstić information content (AvgIpc) is 2.54. The first-order valence-corrected chi connectivity index (χ1v) is 6.98. The number of nitrogens with one attached hydrogen (secondary N) is 1. The Kier molecular flexibility index (Phi) is 5.77. The Hall–Kier alpha value is -0.0800. The highest BCUT2D eigenvalue weighted by molar-refractivity contribution is 4.82. The maximum Gasteiger partial charge on any atom is 0.00676 e. The summed E-state index contributed by atoms with van der Waals surface area (Å²) in [6.45, 7) is 15.4. The van der Waals surface area contributed by atoms with Crippen molar-refractivity contribution in [1.29, 1.82) is 0 Å². The van der Waals surface area contributed by atoms with E-state index in [2.05, 4.69) is 44.8 Å². The summed E-state index contributed by atoms with van der Waals surface area (Å²) in [5.74, 6) is 1.77. The summed E-state index contributed by atoms with van der Waals surface area (Å²) >= 11 is 0. The highest BCUT2D eigenvalue weighted by Gasteiger charge is 2.28. The van der Waals surface area contributed by atoms with E-state index in [0.717, 1.165) is 17.9 Å². The van der Waals surface area contributed by atoms with Crippen LogP contribution in [0.3, 0.4) is 0 Å². The molecule has 16 heavy (non-hydrogen) atoms. The Morgan fingerprint density at radius 2 is 1.69 bits per heavy atom. The highest BCUT2D eigenvalue weighted by Crippen LogP contribution is 2.24. The van der Waals surface area contributed by atoms with Crippen LogP contribution in [0.5, 0.6) is 0 Å². The molecule has 0 aliphatic carbocycles. The largest absolute Gasteiger partial charge is 0.315 e. The summed E-state index contributed by atoms with van der Waals surface area (Å²) in [6, 6.07) is 1.39. The van der Waals surface area contributed by atoms with Crippen molar-refractivity contribution in [3.63, 3.8) is 0 Å². The molecule has 0 saturated carbocycles. The summed E-state index contributed by atoms with van der Waals surface area (Å²) in [5, 5.41) is 3.49. The normalized spacial score (nSPS) is 28.9. The van der Waals surface area contributed by atoms with Crippen LogP contribution >= 0.6 is 0 Å². The Morgan fingerprint density at radius 3 is 2.19 bits per heavy atom. The molecular formula is C14H30N2. The van der Waals surface area contributed by atoms with Gasteiger partial charge in [0.05, 0.1) is 0 Å². The van der Waals surface area contributed by atoms with E-state index >= 15 is 0 Å². The van der Waals surface area contributed by atoms with Gasteiger partial charge in [0.1, 0.15) is 0 Å². The number of hydrogen-bond donors (Lipinski definition) is 1. The van der Waals surface area contributed by atoms with E-state index in [4.69, 9.17) is 0 Å². The predicted octanol–water partition coefficient (Wildman–Crippen LogP) is 2.74. The summed E-state index contributed by atoms with van der Waals surface area (Å²) in [7, 11) is 0. The van der Waals surface area contributed by atoms with Crippen LogP contribution in [0, 0.1) is 11.8 Å². The molecule has 1 aliphatic heterocycles. The summed E-state index contributed by atoms with van der Waals surface area (Å²) < 4.78 is 0. The third-order valence-electron chi connectivity index (χ3n) is 3.99. The van der Waals surface area contributed by atoms with Crippen LogP contribution < -0.4 is 5.32 Å². The molecule has 1 heterocycles. The zero-order valence-electron chi connectivity index (χ0n) is 11.8. The van der Waals surface area contributed by atoms with Crippen molar-refractivity contribution in [2.75, 3.05) is 19.6 Å². The van der Waals surface area contributed by atoms with Crippen molar-refractivity contribution >= 4 is 0 Å². The Morgan fingerprint density at radius 1 is 1.12 bits per heavy atom. The predicted molar refractivity (Wildman–Crippen MR) is 71.7 cm³/mol. The van der Waals surface area contributed by atoms with Crippen molar-refractivity contribution in [2.24, 2.45) is 11.8 Å². The molecule has 96 valence electrons. The van der Waals surface area contributed by atoms with E-state index in [9.17, 15) is 0 Å². The molecule has 0 bridgehead atoms. The molecule has 0 spiro atoms. The number of likely N-dealkylation sites (tertiary alicyclic amines) is 1. The van der Waals surface area contributed by atoms with Crippen molar-refractivity contribution in [3.05, 3.63) is 0 Å². The Bertz CT molecular complexity index is 181. The van der Waals surface area contributed by atoms with Crippen LogP contribution in [0.1, 0.15) is 47.5 Å². The van der Waals surface area contributed by atoms with Gasteiger partial charge >= 0.3 is 0 Å². The molecule has 3 unspecified atom stereocenters. The molecule has 1 N–H and O–H groups in total. The van der Waals surface area contributed by atoms with Crippen LogP contribution in [0.2, 0.25) is 0 Å². The van der Waals surface area contributed by atoms with Crippen LogP contribution in [0.25, 0.3) is 0 Å². The first-order chi connectivity index (χ1) is 7.50. The molecule has 0 aromatic rings. The monoisotopic (exact) mass is 226 g/mol. The molecular weight excluding hydrogens is 196 g/mol. The van der Waals surface area contributed by atoms with Gasteiger partial charge in [0.2, 0.25) is 0 Å². The van der Waals surface area contributed by atoms with Crippen LogP contribution in [0.15, 0.2) is 0 Å². The van der Waals surface area contributed by atoms with Gasteiger partial charge < -0.3 is 10.2 Å². The van der Waals surface area contributed by atoms with Gasteiger partial charge in [0, 0.05) is 25.2 Å². The molecule has 1 saturated heterocycles. The molecule has 0 radical (unpaired) electrons. The molecule has 1 aliphatic rings. The second-order valence-corrected chi connectivity index (χ2v) is 6.01. The molecule has 0 aromatic carbocycles. The molecule has 0 aromatic heterocycles. The first kappa shape index (κ1) is 14.0. The van der Waals surface area contributed by atoms with Crippen molar-refractivity contribution < 1.29 is 0 Å². The lowest BCUT2D eigenvalue weighted by Crippen LogP contribution is -2.32. The second kappa shape index (κ2) is 6.61. The lowest BCUT2D eigenvalue weighted by molar-refractivity contribution is 0.232. The number of hydrogen-bond acceptors (Lipinski definition) is 2. The average molecular weight is 226 g/mol. The minimum atomic E-state index is 0.627. The summed E-state index contributed by atoms with van der Waals surface area (Å²) in [5.41, 5.74) is 0. The van der Waals surface area contributed by atoms with E-state index < -0.39 is 0 Å². The van der Waals surface area contributed by atoms with Gasteiger partial charge in [0.25, 0.3) is 0 Å². The fourth-order valence-electron chi connectivity index (χ4n) is 2.50. The zero-order chi connectivity index (χ0) is 12.1. The van der Waals surface area contributed by atoms with Gasteiger partial charge in [-0.3, -0.25) is 0 Å². The summed E-state index contributed by atoms with van der Waals surface area (Å²) in [6.07, 6.45) is 2.64. The molecule has 2 heteroatoms. The van der Waals surface area contributed by atoms with Gasteiger partial charge in [0.15, 0.2) is 0 Å². The molecule has 1 rings (SSSR count). The molecule has 1 fully saturated rings. The van der Waals surface area contributed by atoms with Gasteiger partial charge in [-0.15, -0.1) is 0 Å². The van der Waals surface area contributed by atoms with Crippen molar-refractivity contribution in [1.82, 2.24) is 10.2 Å². The number of rotatable bonds is 6. The minimum absolute atomic E-state index is 0.627. The lowest BCUT2D eigenvalue weighted by atomic mass is 10.0. The lowest BCUT2D eigenvalue weighted by Gasteiger charge is -2.24. The van der Waals surface area contributed by atoms with Gasteiger partial charge in [-0.2, -0.15) is 0 Å². The van der Waals surface area contributed by atoms with E-state index in [1.165, 1.54) is 32.5 Å². The van der Waals surface area contributed by atoms with Crippen LogP contribution in [0.4, 0.5) is 0 Å². The van der Waals surface area contributed by atoms with Crippen molar-refractivity contribution in [2.45, 2.75) is 59.5 Å². The van der Waals surface area contributed by atoms with Gasteiger partial charge in [-0.1, -0.05) is 27.7 Å². The smallest absolute Gasteiger partial charge is 0.00676 e. The topological polar surface area (TPSA) is 15.3 Å². The summed E-state index contributed by atoms with van der Waals surface area (Å²) in [4.78, 5) is 2.67. The van der Waals surface area contributed by atoms with E-state index in [1.807, 2.05) is 0 Å². The van der Waals surface area contributed by atoms with Gasteiger partial charge in [-0.05, 0) is 38.1 Å². The zero-order valence-corrected chi connectivity index (χ0v) is 11.8. The van der Waals surface area contributed by atoms with Gasteiger partial charge in [-0.25, -0.2) is 0 Å². The Balaban J connectivity index is 2.13. The Labute approximate surface area is 102 Å². The van der Waals surface area contributed by atoms with Crippen LogP contribution in [-0.2, 0) is 0 Å². The molecule has 0 amide bonds. The maximum atomic E-state index is 3.49. The van der Waals surface area contributed by atoms with Crippen LogP contribution in [-0.4, -0.2) is 36.6 Å². The molecule has 2 nitrogen and oxygen atoms in total. The van der Waals surface area contributed by atoms with E-state index in [0.29, 0.717) is 6.04 Å². The van der Waals surface area contributed by atoms with E-state index in [1.54, 1.807) is 0 Å². The third-order valence-corrected chi connectivity index (χ3v) is 3.99. The highest BCUT2D eigenvalue weighted by atomic mass is 15.2. The molecule has 3 atom stereocenters. The quantitative estimate of drug-likeness (QED) is 0.701. The fraction of sp³-hybridized carbons (Fsp3) is 1.00. The van der Waals surface area contributed by atoms with E-state index in [-0.39, 0.29) is 0 Å². The maximum absolute atomic E-state index is 3.49. The number of nitrogens with zero attached hydrogens (tertiary/aromatic N) is 1. The van der Waals surface area contributed by atoms with Crippen molar-refractivity contribution in [3.8, 4) is 0 Å². The minimum Gasteiger partial charge on any atom is -0.315 e. The SMILES string of the molecule is CC(C)NCCCC(C)N1CC(C)C(C)C1. The first-order valence-electron chi connectivity index (χ1n) is 6.98. The second-order valence-electron chi connectivity index (χ2n) is 6.01.